The number of hydrogen-bond donors (Lipinski definition) is 3. The fourth-order valence-corrected chi connectivity index (χ4v) is 3.59. The Morgan fingerprint density at radius 1 is 1.43 bits per heavy atom. The topological polar surface area (TPSA) is 100 Å². The van der Waals surface area contributed by atoms with Crippen molar-refractivity contribution in [3.8, 4) is 0 Å². The molecule has 116 valence electrons. The van der Waals surface area contributed by atoms with E-state index < -0.39 is 10.0 Å². The molecule has 9 heteroatoms. The van der Waals surface area contributed by atoms with E-state index in [1.807, 2.05) is 13.8 Å². The van der Waals surface area contributed by atoms with Gasteiger partial charge in [-0.05, 0) is 15.9 Å². The van der Waals surface area contributed by atoms with Gasteiger partial charge in [0.25, 0.3) is 0 Å². The van der Waals surface area contributed by atoms with Gasteiger partial charge < -0.3 is 14.7 Å². The Bertz CT molecular complexity index is 679. The van der Waals surface area contributed by atoms with Gasteiger partial charge in [-0.25, -0.2) is 18.1 Å². The Kier molecular flexibility index (Phi) is 5.20. The second-order valence-electron chi connectivity index (χ2n) is 4.75. The minimum atomic E-state index is -3.66. The zero-order valence-corrected chi connectivity index (χ0v) is 14.1. The van der Waals surface area contributed by atoms with Crippen molar-refractivity contribution in [1.82, 2.24) is 20.0 Å². The molecule has 0 atom stereocenters. The van der Waals surface area contributed by atoms with E-state index in [9.17, 15) is 8.42 Å². The molecule has 2 heterocycles. The molecule has 7 nitrogen and oxygen atoms in total. The number of halogens is 1. The molecule has 2 aromatic rings. The van der Waals surface area contributed by atoms with Crippen molar-refractivity contribution in [3.05, 3.63) is 34.7 Å². The molecular weight excluding hydrogens is 360 g/mol. The Labute approximate surface area is 131 Å². The van der Waals surface area contributed by atoms with Crippen molar-refractivity contribution in [2.24, 2.45) is 0 Å². The van der Waals surface area contributed by atoms with E-state index in [0.29, 0.717) is 18.1 Å². The highest BCUT2D eigenvalue weighted by molar-refractivity contribution is 9.10. The van der Waals surface area contributed by atoms with Crippen molar-refractivity contribution >= 4 is 26.0 Å². The first kappa shape index (κ1) is 16.2. The van der Waals surface area contributed by atoms with Gasteiger partial charge in [-0.3, -0.25) is 0 Å². The maximum atomic E-state index is 12.2. The molecule has 0 aromatic carbocycles. The molecule has 0 bridgehead atoms. The van der Waals surface area contributed by atoms with Gasteiger partial charge in [0.05, 0.1) is 13.1 Å². The number of nitrogens with one attached hydrogen (secondary N) is 3. The van der Waals surface area contributed by atoms with Crippen LogP contribution in [-0.2, 0) is 23.1 Å². The van der Waals surface area contributed by atoms with Gasteiger partial charge in [-0.15, -0.1) is 0 Å². The van der Waals surface area contributed by atoms with E-state index in [4.69, 9.17) is 4.42 Å². The van der Waals surface area contributed by atoms with E-state index in [0.717, 1.165) is 0 Å². The number of sulfonamides is 1. The summed E-state index contributed by atoms with van der Waals surface area (Å²) in [6.45, 7) is 4.55. The maximum absolute atomic E-state index is 12.2. The summed E-state index contributed by atoms with van der Waals surface area (Å²) in [6, 6.07) is 1.79. The molecule has 3 N–H and O–H groups in total. The van der Waals surface area contributed by atoms with Gasteiger partial charge in [0, 0.05) is 24.5 Å². The normalized spacial score (nSPS) is 12.2. The fourth-order valence-electron chi connectivity index (χ4n) is 1.61. The summed E-state index contributed by atoms with van der Waals surface area (Å²) in [6.07, 6.45) is 3.19. The van der Waals surface area contributed by atoms with Crippen LogP contribution < -0.4 is 10.0 Å². The van der Waals surface area contributed by atoms with Gasteiger partial charge in [0.15, 0.2) is 4.67 Å². The number of imidazole rings is 1. The van der Waals surface area contributed by atoms with Crippen molar-refractivity contribution in [3.63, 3.8) is 0 Å². The Balaban J connectivity index is 2.08. The maximum Gasteiger partial charge on any atom is 0.245 e. The van der Waals surface area contributed by atoms with Crippen LogP contribution in [0.15, 0.2) is 32.4 Å². The summed E-state index contributed by atoms with van der Waals surface area (Å²) in [4.78, 5) is 6.87. The fraction of sp³-hybridized carbons (Fsp3) is 0.417. The van der Waals surface area contributed by atoms with Gasteiger partial charge in [0.1, 0.15) is 16.5 Å². The smallest absolute Gasteiger partial charge is 0.245 e. The van der Waals surface area contributed by atoms with E-state index in [1.165, 1.54) is 6.07 Å². The van der Waals surface area contributed by atoms with Crippen LogP contribution in [0.25, 0.3) is 0 Å². The lowest BCUT2D eigenvalue weighted by Crippen LogP contribution is -2.24. The van der Waals surface area contributed by atoms with Crippen LogP contribution in [-0.4, -0.2) is 24.4 Å². The van der Waals surface area contributed by atoms with E-state index in [2.05, 4.69) is 35.9 Å². The van der Waals surface area contributed by atoms with Crippen LogP contribution in [0.1, 0.15) is 25.4 Å². The predicted molar refractivity (Wildman–Crippen MR) is 81.0 cm³/mol. The first-order valence-corrected chi connectivity index (χ1v) is 8.65. The van der Waals surface area contributed by atoms with Crippen LogP contribution in [0.3, 0.4) is 0 Å². The monoisotopic (exact) mass is 376 g/mol. The van der Waals surface area contributed by atoms with Crippen LogP contribution in [0.4, 0.5) is 0 Å². The molecular formula is C12H17BrN4O3S. The molecule has 0 saturated carbocycles. The zero-order chi connectivity index (χ0) is 15.5. The molecule has 0 aliphatic carbocycles. The molecule has 21 heavy (non-hydrogen) atoms. The van der Waals surface area contributed by atoms with Crippen molar-refractivity contribution < 1.29 is 12.8 Å². The minimum absolute atomic E-state index is 0.0783. The summed E-state index contributed by atoms with van der Waals surface area (Å²) in [5.74, 6) is 1.09. The SMILES string of the molecule is CC(C)NCc1cc(S(=O)(=O)NCc2ncc[nH]2)c(Br)o1. The highest BCUT2D eigenvalue weighted by Gasteiger charge is 2.22. The molecule has 2 aromatic heterocycles. The van der Waals surface area contributed by atoms with E-state index in [1.54, 1.807) is 12.4 Å². The average molecular weight is 377 g/mol. The highest BCUT2D eigenvalue weighted by atomic mass is 79.9. The number of nitrogens with zero attached hydrogens (tertiary/aromatic N) is 1. The Morgan fingerprint density at radius 3 is 2.81 bits per heavy atom. The van der Waals surface area contributed by atoms with Crippen LogP contribution >= 0.6 is 15.9 Å². The molecule has 0 aliphatic rings. The zero-order valence-electron chi connectivity index (χ0n) is 11.7. The number of furan rings is 1. The van der Waals surface area contributed by atoms with Crippen molar-refractivity contribution in [1.29, 1.82) is 0 Å². The third-order valence-electron chi connectivity index (χ3n) is 2.67. The first-order valence-electron chi connectivity index (χ1n) is 6.38. The first-order chi connectivity index (χ1) is 9.88. The summed E-state index contributed by atoms with van der Waals surface area (Å²) < 4.78 is 32.5. The molecule has 0 spiro atoms. The van der Waals surface area contributed by atoms with Crippen LogP contribution in [0, 0.1) is 0 Å². The van der Waals surface area contributed by atoms with Gasteiger partial charge in [-0.2, -0.15) is 0 Å². The highest BCUT2D eigenvalue weighted by Crippen LogP contribution is 2.26. The summed E-state index contributed by atoms with van der Waals surface area (Å²) in [7, 11) is -3.66. The minimum Gasteiger partial charge on any atom is -0.452 e. The molecule has 2 rings (SSSR count). The summed E-state index contributed by atoms with van der Waals surface area (Å²) >= 11 is 3.14. The summed E-state index contributed by atoms with van der Waals surface area (Å²) in [5, 5.41) is 3.16. The molecule has 0 aliphatic heterocycles. The second-order valence-corrected chi connectivity index (χ2v) is 7.20. The standard InChI is InChI=1S/C12H17BrN4O3S/c1-8(2)16-6-9-5-10(12(13)20-9)21(18,19)17-7-11-14-3-4-15-11/h3-5,8,16-17H,6-7H2,1-2H3,(H,14,15). The third-order valence-corrected chi connectivity index (χ3v) is 4.92. The number of rotatable bonds is 7. The van der Waals surface area contributed by atoms with Crippen molar-refractivity contribution in [2.45, 2.75) is 37.9 Å². The predicted octanol–water partition coefficient (Wildman–Crippen LogP) is 1.74. The largest absolute Gasteiger partial charge is 0.452 e. The number of aromatic nitrogens is 2. The lowest BCUT2D eigenvalue weighted by atomic mass is 10.3. The van der Waals surface area contributed by atoms with E-state index >= 15 is 0 Å². The molecule has 0 saturated heterocycles. The molecule has 0 amide bonds. The van der Waals surface area contributed by atoms with Gasteiger partial charge in [-0.1, -0.05) is 13.8 Å². The Morgan fingerprint density at radius 2 is 2.19 bits per heavy atom. The molecule has 0 fully saturated rings. The molecule has 0 unspecified atom stereocenters. The van der Waals surface area contributed by atoms with Crippen LogP contribution in [0.2, 0.25) is 0 Å². The quantitative estimate of drug-likeness (QED) is 0.683. The summed E-state index contributed by atoms with van der Waals surface area (Å²) in [5.41, 5.74) is 0. The number of hydrogen-bond acceptors (Lipinski definition) is 5. The average Bonchev–Trinajstić information content (AvgIpc) is 3.03. The lowest BCUT2D eigenvalue weighted by molar-refractivity contribution is 0.447. The van der Waals surface area contributed by atoms with Gasteiger partial charge >= 0.3 is 0 Å². The second kappa shape index (κ2) is 6.73. The van der Waals surface area contributed by atoms with E-state index in [-0.39, 0.29) is 22.2 Å². The van der Waals surface area contributed by atoms with Gasteiger partial charge in [0.2, 0.25) is 10.0 Å². The number of aromatic amines is 1. The third kappa shape index (κ3) is 4.40. The Hall–Kier alpha value is -1.16. The van der Waals surface area contributed by atoms with Crippen LogP contribution in [0.5, 0.6) is 0 Å². The van der Waals surface area contributed by atoms with Crippen molar-refractivity contribution in [2.75, 3.05) is 0 Å². The number of H-pyrrole nitrogens is 1. The lowest BCUT2D eigenvalue weighted by Gasteiger charge is -2.04. The molecule has 0 radical (unpaired) electrons.